The highest BCUT2D eigenvalue weighted by Gasteiger charge is 2.16. The van der Waals surface area contributed by atoms with Gasteiger partial charge in [0.2, 0.25) is 0 Å². The summed E-state index contributed by atoms with van der Waals surface area (Å²) >= 11 is 0. The van der Waals surface area contributed by atoms with Crippen LogP contribution >= 0.6 is 0 Å². The van der Waals surface area contributed by atoms with Crippen LogP contribution in [0.15, 0.2) is 59.2 Å². The molecule has 1 aromatic heterocycles. The van der Waals surface area contributed by atoms with E-state index in [0.29, 0.717) is 6.54 Å². The van der Waals surface area contributed by atoms with Gasteiger partial charge in [-0.1, -0.05) is 30.3 Å². The molecule has 21 heavy (non-hydrogen) atoms. The van der Waals surface area contributed by atoms with Crippen molar-refractivity contribution in [3.05, 3.63) is 60.4 Å². The molecule has 3 rings (SSSR count). The number of nitrogens with one attached hydrogen (secondary N) is 1. The van der Waals surface area contributed by atoms with Crippen LogP contribution in [0.25, 0.3) is 11.0 Å². The van der Waals surface area contributed by atoms with Gasteiger partial charge in [-0.2, -0.15) is 0 Å². The van der Waals surface area contributed by atoms with Gasteiger partial charge in [-0.05, 0) is 18.2 Å². The van der Waals surface area contributed by atoms with Crippen LogP contribution in [-0.2, 0) is 0 Å². The van der Waals surface area contributed by atoms with E-state index in [1.54, 1.807) is 13.4 Å². The predicted molar refractivity (Wildman–Crippen MR) is 84.6 cm³/mol. The predicted octanol–water partition coefficient (Wildman–Crippen LogP) is 3.55. The largest absolute Gasteiger partial charge is 0.495 e. The summed E-state index contributed by atoms with van der Waals surface area (Å²) in [6.45, 7) is 0.460. The Morgan fingerprint density at radius 1 is 1.14 bits per heavy atom. The third-order valence-corrected chi connectivity index (χ3v) is 3.56. The molecule has 0 fully saturated rings. The summed E-state index contributed by atoms with van der Waals surface area (Å²) in [5, 5.41) is 4.51. The van der Waals surface area contributed by atoms with Gasteiger partial charge in [0.1, 0.15) is 11.3 Å². The number of furan rings is 1. The van der Waals surface area contributed by atoms with Gasteiger partial charge in [-0.3, -0.25) is 0 Å². The van der Waals surface area contributed by atoms with Crippen molar-refractivity contribution in [3.63, 3.8) is 0 Å². The molecule has 2 aromatic carbocycles. The minimum atomic E-state index is -0.0371. The molecule has 0 aliphatic rings. The van der Waals surface area contributed by atoms with E-state index in [4.69, 9.17) is 14.9 Å². The van der Waals surface area contributed by atoms with Crippen molar-refractivity contribution in [2.75, 3.05) is 19.0 Å². The van der Waals surface area contributed by atoms with E-state index < -0.39 is 0 Å². The van der Waals surface area contributed by atoms with Gasteiger partial charge in [0.25, 0.3) is 0 Å². The monoisotopic (exact) mass is 282 g/mol. The summed E-state index contributed by atoms with van der Waals surface area (Å²) in [5.74, 6) is 0.795. The van der Waals surface area contributed by atoms with Gasteiger partial charge in [-0.25, -0.2) is 0 Å². The molecule has 1 atom stereocenters. The van der Waals surface area contributed by atoms with Gasteiger partial charge >= 0.3 is 0 Å². The fourth-order valence-corrected chi connectivity index (χ4v) is 2.48. The average Bonchev–Trinajstić information content (AvgIpc) is 2.97. The molecule has 0 saturated carbocycles. The van der Waals surface area contributed by atoms with Crippen molar-refractivity contribution in [3.8, 4) is 5.75 Å². The van der Waals surface area contributed by atoms with Crippen LogP contribution in [0.5, 0.6) is 5.75 Å². The van der Waals surface area contributed by atoms with Crippen molar-refractivity contribution in [1.29, 1.82) is 0 Å². The minimum absolute atomic E-state index is 0.0371. The highest BCUT2D eigenvalue weighted by atomic mass is 16.5. The SMILES string of the molecule is COc1ccccc1NC(CN)c1coc2ccccc12. The molecule has 0 aliphatic heterocycles. The summed E-state index contributed by atoms with van der Waals surface area (Å²) in [4.78, 5) is 0. The fourth-order valence-electron chi connectivity index (χ4n) is 2.48. The van der Waals surface area contributed by atoms with E-state index in [1.807, 2.05) is 48.5 Å². The molecule has 1 heterocycles. The highest BCUT2D eigenvalue weighted by Crippen LogP contribution is 2.31. The summed E-state index contributed by atoms with van der Waals surface area (Å²) in [5.41, 5.74) is 8.79. The van der Waals surface area contributed by atoms with Crippen molar-refractivity contribution >= 4 is 16.7 Å². The van der Waals surface area contributed by atoms with Crippen molar-refractivity contribution in [1.82, 2.24) is 0 Å². The molecule has 108 valence electrons. The number of hydrogen-bond donors (Lipinski definition) is 2. The Hall–Kier alpha value is -2.46. The molecule has 3 N–H and O–H groups in total. The Labute approximate surface area is 123 Å². The number of anilines is 1. The Kier molecular flexibility index (Phi) is 3.79. The number of benzene rings is 2. The first-order valence-electron chi connectivity index (χ1n) is 6.89. The van der Waals surface area contributed by atoms with E-state index in [9.17, 15) is 0 Å². The molecule has 4 nitrogen and oxygen atoms in total. The molecule has 1 unspecified atom stereocenters. The molecule has 0 spiro atoms. The lowest BCUT2D eigenvalue weighted by Gasteiger charge is -2.19. The standard InChI is InChI=1S/C17H18N2O2/c1-20-17-9-5-3-7-14(17)19-15(10-18)13-11-21-16-8-4-2-6-12(13)16/h2-9,11,15,19H,10,18H2,1H3. The van der Waals surface area contributed by atoms with Gasteiger partial charge < -0.3 is 20.2 Å². The van der Waals surface area contributed by atoms with Crippen LogP contribution in [0.3, 0.4) is 0 Å². The lowest BCUT2D eigenvalue weighted by Crippen LogP contribution is -2.20. The summed E-state index contributed by atoms with van der Waals surface area (Å²) < 4.78 is 11.0. The van der Waals surface area contributed by atoms with Crippen LogP contribution in [-0.4, -0.2) is 13.7 Å². The van der Waals surface area contributed by atoms with E-state index in [0.717, 1.165) is 28.0 Å². The molecular weight excluding hydrogens is 264 g/mol. The van der Waals surface area contributed by atoms with Crippen molar-refractivity contribution in [2.24, 2.45) is 5.73 Å². The molecule has 4 heteroatoms. The first-order valence-corrected chi connectivity index (χ1v) is 6.89. The Bertz CT molecular complexity index is 736. The summed E-state index contributed by atoms with van der Waals surface area (Å²) in [6, 6.07) is 15.7. The van der Waals surface area contributed by atoms with Gasteiger partial charge in [-0.15, -0.1) is 0 Å². The Morgan fingerprint density at radius 2 is 1.90 bits per heavy atom. The van der Waals surface area contributed by atoms with Crippen LogP contribution in [0.2, 0.25) is 0 Å². The number of ether oxygens (including phenoxy) is 1. The number of nitrogens with two attached hydrogens (primary N) is 1. The second-order valence-corrected chi connectivity index (χ2v) is 4.82. The lowest BCUT2D eigenvalue weighted by atomic mass is 10.1. The molecular formula is C17H18N2O2. The van der Waals surface area contributed by atoms with Crippen molar-refractivity contribution < 1.29 is 9.15 Å². The maximum Gasteiger partial charge on any atom is 0.141 e. The number of rotatable bonds is 5. The Balaban J connectivity index is 1.95. The molecule has 0 aliphatic carbocycles. The average molecular weight is 282 g/mol. The van der Waals surface area contributed by atoms with Crippen LogP contribution in [0.4, 0.5) is 5.69 Å². The van der Waals surface area contributed by atoms with Gasteiger partial charge in [0.05, 0.1) is 25.1 Å². The maximum atomic E-state index is 5.95. The van der Waals surface area contributed by atoms with E-state index in [1.165, 1.54) is 0 Å². The topological polar surface area (TPSA) is 60.4 Å². The van der Waals surface area contributed by atoms with Gasteiger partial charge in [0, 0.05) is 17.5 Å². The van der Waals surface area contributed by atoms with Crippen LogP contribution in [0.1, 0.15) is 11.6 Å². The fraction of sp³-hybridized carbons (Fsp3) is 0.176. The number of para-hydroxylation sites is 3. The second-order valence-electron chi connectivity index (χ2n) is 4.82. The number of fused-ring (bicyclic) bond motifs is 1. The van der Waals surface area contributed by atoms with E-state index in [2.05, 4.69) is 5.32 Å². The highest BCUT2D eigenvalue weighted by molar-refractivity contribution is 5.82. The van der Waals surface area contributed by atoms with Crippen LogP contribution in [0, 0.1) is 0 Å². The van der Waals surface area contributed by atoms with E-state index >= 15 is 0 Å². The first-order chi connectivity index (χ1) is 10.3. The first kappa shape index (κ1) is 13.5. The number of methoxy groups -OCH3 is 1. The molecule has 3 aromatic rings. The second kappa shape index (κ2) is 5.89. The Morgan fingerprint density at radius 3 is 2.71 bits per heavy atom. The van der Waals surface area contributed by atoms with Crippen molar-refractivity contribution in [2.45, 2.75) is 6.04 Å². The summed E-state index contributed by atoms with van der Waals surface area (Å²) in [7, 11) is 1.66. The zero-order valence-electron chi connectivity index (χ0n) is 11.9. The van der Waals surface area contributed by atoms with Gasteiger partial charge in [0.15, 0.2) is 0 Å². The zero-order chi connectivity index (χ0) is 14.7. The normalized spacial score (nSPS) is 12.3. The minimum Gasteiger partial charge on any atom is -0.495 e. The third kappa shape index (κ3) is 2.58. The van der Waals surface area contributed by atoms with Crippen LogP contribution < -0.4 is 15.8 Å². The van der Waals surface area contributed by atoms with E-state index in [-0.39, 0.29) is 6.04 Å². The molecule has 0 radical (unpaired) electrons. The third-order valence-electron chi connectivity index (χ3n) is 3.56. The molecule has 0 amide bonds. The molecule has 0 bridgehead atoms. The smallest absolute Gasteiger partial charge is 0.141 e. The maximum absolute atomic E-state index is 5.95. The lowest BCUT2D eigenvalue weighted by molar-refractivity contribution is 0.416. The zero-order valence-corrected chi connectivity index (χ0v) is 11.9. The molecule has 0 saturated heterocycles. The summed E-state index contributed by atoms with van der Waals surface area (Å²) in [6.07, 6.45) is 1.77. The number of hydrogen-bond acceptors (Lipinski definition) is 4. The quantitative estimate of drug-likeness (QED) is 0.751.